The molecule has 0 radical (unpaired) electrons. The fourth-order valence-corrected chi connectivity index (χ4v) is 2.47. The number of carbonyl (C=O) groups excluding carboxylic acids is 1. The minimum atomic E-state index is -0.984. The molecule has 0 aliphatic heterocycles. The van der Waals surface area contributed by atoms with E-state index < -0.39 is 18.0 Å². The maximum Gasteiger partial charge on any atom is 0.335 e. The maximum atomic E-state index is 10.3. The molecule has 8 N–H and O–H groups in total. The second-order valence-electron chi connectivity index (χ2n) is 6.67. The van der Waals surface area contributed by atoms with Crippen LogP contribution in [0.4, 0.5) is 0 Å². The van der Waals surface area contributed by atoms with Crippen molar-refractivity contribution in [1.29, 1.82) is 0 Å². The molecule has 0 spiro atoms. The second kappa shape index (κ2) is 15.7. The predicted molar refractivity (Wildman–Crippen MR) is 108 cm³/mol. The summed E-state index contributed by atoms with van der Waals surface area (Å²) in [5.41, 5.74) is 16.7. The van der Waals surface area contributed by atoms with Crippen molar-refractivity contribution in [3.8, 4) is 0 Å². The first-order valence-electron chi connectivity index (χ1n) is 9.54. The number of benzene rings is 1. The van der Waals surface area contributed by atoms with Crippen molar-refractivity contribution in [2.24, 2.45) is 17.2 Å². The average Bonchev–Trinajstić information content (AvgIpc) is 2.69. The van der Waals surface area contributed by atoms with Crippen LogP contribution < -0.4 is 17.2 Å². The first kappa shape index (κ1) is 25.7. The molecular weight excluding hydrogens is 362 g/mol. The zero-order valence-electron chi connectivity index (χ0n) is 16.3. The van der Waals surface area contributed by atoms with E-state index in [1.54, 1.807) is 0 Å². The van der Waals surface area contributed by atoms with Crippen LogP contribution in [0.15, 0.2) is 24.3 Å². The molecule has 1 fully saturated rings. The molecule has 1 aromatic carbocycles. The Morgan fingerprint density at radius 2 is 1.64 bits per heavy atom. The van der Waals surface area contributed by atoms with Gasteiger partial charge in [-0.1, -0.05) is 37.8 Å². The Morgan fingerprint density at radius 3 is 2.00 bits per heavy atom. The van der Waals surface area contributed by atoms with Crippen LogP contribution in [0.25, 0.3) is 0 Å². The lowest BCUT2D eigenvalue weighted by Gasteiger charge is -2.15. The first-order valence-corrected chi connectivity index (χ1v) is 9.54. The molecule has 8 nitrogen and oxygen atoms in total. The molecule has 0 heterocycles. The van der Waals surface area contributed by atoms with Gasteiger partial charge in [0.2, 0.25) is 0 Å². The van der Waals surface area contributed by atoms with Gasteiger partial charge < -0.3 is 27.4 Å². The summed E-state index contributed by atoms with van der Waals surface area (Å²) >= 11 is 0. The van der Waals surface area contributed by atoms with Gasteiger partial charge in [0.15, 0.2) is 0 Å². The molecule has 1 saturated carbocycles. The highest BCUT2D eigenvalue weighted by Gasteiger charge is 2.09. The summed E-state index contributed by atoms with van der Waals surface area (Å²) in [6, 6.07) is 5.55. The molecule has 1 aliphatic carbocycles. The molecule has 0 unspecified atom stereocenters. The molecule has 1 atom stereocenters. The number of rotatable bonds is 7. The summed E-state index contributed by atoms with van der Waals surface area (Å²) < 4.78 is 0. The molecule has 28 heavy (non-hydrogen) atoms. The van der Waals surface area contributed by atoms with Gasteiger partial charge >= 0.3 is 11.9 Å². The summed E-state index contributed by atoms with van der Waals surface area (Å²) in [5.74, 6) is -1.92. The summed E-state index contributed by atoms with van der Waals surface area (Å²) in [4.78, 5) is 30.6. The Balaban J connectivity index is 0.000000400. The van der Waals surface area contributed by atoms with E-state index >= 15 is 0 Å². The van der Waals surface area contributed by atoms with E-state index in [1.165, 1.54) is 56.4 Å². The quantitative estimate of drug-likeness (QED) is 0.345. The molecule has 1 aliphatic rings. The van der Waals surface area contributed by atoms with Crippen LogP contribution in [-0.4, -0.2) is 47.1 Å². The van der Waals surface area contributed by atoms with Gasteiger partial charge in [-0.2, -0.15) is 0 Å². The van der Waals surface area contributed by atoms with Crippen molar-refractivity contribution in [3.63, 3.8) is 0 Å². The van der Waals surface area contributed by atoms with Crippen LogP contribution in [0.1, 0.15) is 72.1 Å². The molecule has 0 aromatic heterocycles. The van der Waals surface area contributed by atoms with Crippen molar-refractivity contribution >= 4 is 18.2 Å². The van der Waals surface area contributed by atoms with Crippen LogP contribution in [0, 0.1) is 0 Å². The number of carboxylic acids is 2. The first-order chi connectivity index (χ1) is 13.3. The van der Waals surface area contributed by atoms with Crippen molar-refractivity contribution in [3.05, 3.63) is 35.4 Å². The molecule has 0 saturated heterocycles. The van der Waals surface area contributed by atoms with Gasteiger partial charge in [0.1, 0.15) is 12.3 Å². The van der Waals surface area contributed by atoms with Crippen molar-refractivity contribution in [2.75, 3.05) is 6.54 Å². The number of aliphatic carboxylic acids is 1. The lowest BCUT2D eigenvalue weighted by atomic mass is 9.97. The zero-order chi connectivity index (χ0) is 21.4. The number of carbonyl (C=O) groups is 3. The van der Waals surface area contributed by atoms with Crippen LogP contribution >= 0.6 is 0 Å². The number of hydrogen-bond donors (Lipinski definition) is 5. The Labute approximate surface area is 166 Å². The molecule has 158 valence electrons. The van der Waals surface area contributed by atoms with E-state index in [2.05, 4.69) is 0 Å². The average molecular weight is 396 g/mol. The molecule has 8 heteroatoms. The topological polar surface area (TPSA) is 170 Å². The Kier molecular flexibility index (Phi) is 14.5. The van der Waals surface area contributed by atoms with Gasteiger partial charge in [-0.15, -0.1) is 0 Å². The highest BCUT2D eigenvalue weighted by molar-refractivity contribution is 5.88. The van der Waals surface area contributed by atoms with E-state index in [4.69, 9.17) is 27.4 Å². The zero-order valence-corrected chi connectivity index (χ0v) is 16.3. The van der Waals surface area contributed by atoms with E-state index in [0.29, 0.717) is 30.9 Å². The summed E-state index contributed by atoms with van der Waals surface area (Å²) in [5, 5.41) is 16.8. The Hall–Kier alpha value is -2.29. The molecule has 0 bridgehead atoms. The number of aldehydes is 1. The van der Waals surface area contributed by atoms with E-state index in [9.17, 15) is 14.4 Å². The molecule has 2 rings (SSSR count). The highest BCUT2D eigenvalue weighted by Crippen LogP contribution is 2.14. The lowest BCUT2D eigenvalue weighted by molar-refractivity contribution is -0.138. The minimum Gasteiger partial charge on any atom is -0.480 e. The van der Waals surface area contributed by atoms with Gasteiger partial charge in [-0.05, 0) is 44.4 Å². The van der Waals surface area contributed by atoms with E-state index in [1.807, 2.05) is 0 Å². The number of hydrogen-bond acceptors (Lipinski definition) is 6. The molecule has 1 aromatic rings. The van der Waals surface area contributed by atoms with E-state index in [-0.39, 0.29) is 5.56 Å². The predicted octanol–water partition coefficient (Wildman–Crippen LogP) is 2.00. The third-order valence-electron chi connectivity index (χ3n) is 4.23. The maximum absolute atomic E-state index is 10.3. The Bertz CT molecular complexity index is 572. The summed E-state index contributed by atoms with van der Waals surface area (Å²) in [7, 11) is 0. The monoisotopic (exact) mass is 395 g/mol. The standard InChI is InChI=1S/C8H6O3.C6H14N2O2.C6H13N/c9-5-6-1-3-7(4-2-6)8(10)11;7-4-2-1-3-5(8)6(9)10;7-6-4-2-1-3-5-6/h1-5H,(H,10,11);5H,1-4,7-8H2,(H,9,10);6H,1-5,7H2/t;5-;/m.0./s1. The fourth-order valence-electron chi connectivity index (χ4n) is 2.47. The number of aromatic carboxylic acids is 1. The van der Waals surface area contributed by atoms with Crippen molar-refractivity contribution in [2.45, 2.75) is 63.5 Å². The largest absolute Gasteiger partial charge is 0.480 e. The van der Waals surface area contributed by atoms with Crippen LogP contribution in [0.3, 0.4) is 0 Å². The van der Waals surface area contributed by atoms with Crippen LogP contribution in [0.2, 0.25) is 0 Å². The van der Waals surface area contributed by atoms with Gasteiger partial charge in [0.05, 0.1) is 5.56 Å². The summed E-state index contributed by atoms with van der Waals surface area (Å²) in [6.07, 6.45) is 9.50. The molecule has 0 amide bonds. The minimum absolute atomic E-state index is 0.190. The Morgan fingerprint density at radius 1 is 1.07 bits per heavy atom. The van der Waals surface area contributed by atoms with E-state index in [0.717, 1.165) is 12.8 Å². The highest BCUT2D eigenvalue weighted by atomic mass is 16.4. The normalized spacial score (nSPS) is 14.5. The van der Waals surface area contributed by atoms with Gasteiger partial charge in [0.25, 0.3) is 0 Å². The number of carboxylic acid groups (broad SMARTS) is 2. The second-order valence-corrected chi connectivity index (χ2v) is 6.67. The smallest absolute Gasteiger partial charge is 0.335 e. The SMILES string of the molecule is NC1CCCCC1.NCCCC[C@H](N)C(=O)O.O=Cc1ccc(C(=O)O)cc1. The van der Waals surface area contributed by atoms with Gasteiger partial charge in [0, 0.05) is 11.6 Å². The van der Waals surface area contributed by atoms with Crippen molar-refractivity contribution in [1.82, 2.24) is 0 Å². The van der Waals surface area contributed by atoms with Gasteiger partial charge in [-0.25, -0.2) is 4.79 Å². The van der Waals surface area contributed by atoms with Crippen LogP contribution in [0.5, 0.6) is 0 Å². The third kappa shape index (κ3) is 13.0. The lowest BCUT2D eigenvalue weighted by Crippen LogP contribution is -2.29. The number of unbranched alkanes of at least 4 members (excludes halogenated alkanes) is 1. The molecular formula is C20H33N3O5. The van der Waals surface area contributed by atoms with Crippen molar-refractivity contribution < 1.29 is 24.6 Å². The summed E-state index contributed by atoms with van der Waals surface area (Å²) in [6.45, 7) is 0.604. The third-order valence-corrected chi connectivity index (χ3v) is 4.23. The van der Waals surface area contributed by atoms with Gasteiger partial charge in [-0.3, -0.25) is 9.59 Å². The van der Waals surface area contributed by atoms with Crippen LogP contribution in [-0.2, 0) is 4.79 Å². The number of nitrogens with two attached hydrogens (primary N) is 3. The fraction of sp³-hybridized carbons (Fsp3) is 0.550.